The zero-order valence-electron chi connectivity index (χ0n) is 8.67. The van der Waals surface area contributed by atoms with E-state index < -0.39 is 11.8 Å². The molecule has 5 heteroatoms. The van der Waals surface area contributed by atoms with E-state index in [4.69, 9.17) is 0 Å². The van der Waals surface area contributed by atoms with E-state index >= 15 is 0 Å². The Kier molecular flexibility index (Phi) is 3.88. The van der Waals surface area contributed by atoms with Crippen LogP contribution in [0, 0.1) is 0 Å². The highest BCUT2D eigenvalue weighted by molar-refractivity contribution is 6.35. The molecule has 2 N–H and O–H groups in total. The minimum absolute atomic E-state index is 0.213. The molecule has 0 aromatic rings. The Hall–Kier alpha value is -1.10. The van der Waals surface area contributed by atoms with E-state index in [1.807, 2.05) is 14.0 Å². The van der Waals surface area contributed by atoms with Gasteiger partial charge in [0, 0.05) is 25.7 Å². The van der Waals surface area contributed by atoms with Crippen LogP contribution in [0.1, 0.15) is 13.3 Å². The summed E-state index contributed by atoms with van der Waals surface area (Å²) in [6, 6.07) is 0.213. The summed E-state index contributed by atoms with van der Waals surface area (Å²) >= 11 is 0. The number of nitrogens with zero attached hydrogens (tertiary/aromatic N) is 1. The molecule has 1 saturated heterocycles. The Morgan fingerprint density at radius 2 is 2.29 bits per heavy atom. The van der Waals surface area contributed by atoms with Crippen molar-refractivity contribution in [1.82, 2.24) is 15.5 Å². The number of rotatable bonds is 3. The molecule has 0 radical (unpaired) electrons. The first-order valence-corrected chi connectivity index (χ1v) is 4.89. The highest BCUT2D eigenvalue weighted by atomic mass is 16.2. The van der Waals surface area contributed by atoms with Crippen LogP contribution in [0.4, 0.5) is 0 Å². The molecule has 1 unspecified atom stereocenters. The molecule has 0 spiro atoms. The van der Waals surface area contributed by atoms with Crippen LogP contribution in [-0.2, 0) is 9.59 Å². The van der Waals surface area contributed by atoms with E-state index in [1.165, 1.54) is 0 Å². The zero-order chi connectivity index (χ0) is 10.6. The van der Waals surface area contributed by atoms with Crippen molar-refractivity contribution in [1.29, 1.82) is 0 Å². The van der Waals surface area contributed by atoms with Gasteiger partial charge in [-0.2, -0.15) is 0 Å². The smallest absolute Gasteiger partial charge is 0.311 e. The number of hydrogen-bond acceptors (Lipinski definition) is 3. The summed E-state index contributed by atoms with van der Waals surface area (Å²) in [4.78, 5) is 24.3. The molecule has 1 atom stereocenters. The third kappa shape index (κ3) is 2.70. The highest BCUT2D eigenvalue weighted by Gasteiger charge is 2.24. The summed E-state index contributed by atoms with van der Waals surface area (Å²) in [5, 5.41) is 5.61. The fraction of sp³-hybridized carbons (Fsp3) is 0.778. The summed E-state index contributed by atoms with van der Waals surface area (Å²) in [6.45, 7) is 3.82. The lowest BCUT2D eigenvalue weighted by Crippen LogP contribution is -2.45. The van der Waals surface area contributed by atoms with Crippen LogP contribution in [0.3, 0.4) is 0 Å². The van der Waals surface area contributed by atoms with Gasteiger partial charge in [-0.15, -0.1) is 0 Å². The summed E-state index contributed by atoms with van der Waals surface area (Å²) in [6.07, 6.45) is 0.827. The van der Waals surface area contributed by atoms with Gasteiger partial charge in [-0.25, -0.2) is 0 Å². The number of hydrogen-bond donors (Lipinski definition) is 2. The quantitative estimate of drug-likeness (QED) is 0.570. The van der Waals surface area contributed by atoms with Crippen LogP contribution >= 0.6 is 0 Å². The van der Waals surface area contributed by atoms with Crippen LogP contribution in [0.25, 0.3) is 0 Å². The Balaban J connectivity index is 2.56. The lowest BCUT2D eigenvalue weighted by molar-refractivity contribution is -0.145. The minimum atomic E-state index is -0.481. The van der Waals surface area contributed by atoms with Gasteiger partial charge in [0.05, 0.1) is 0 Å². The van der Waals surface area contributed by atoms with Crippen molar-refractivity contribution in [3.8, 4) is 0 Å². The number of carbonyl (C=O) groups excluding carboxylic acids is 2. The monoisotopic (exact) mass is 199 g/mol. The molecule has 1 aliphatic heterocycles. The van der Waals surface area contributed by atoms with E-state index in [1.54, 1.807) is 4.90 Å². The normalized spacial score (nSPS) is 20.3. The topological polar surface area (TPSA) is 61.4 Å². The Morgan fingerprint density at radius 3 is 2.93 bits per heavy atom. The molecule has 14 heavy (non-hydrogen) atoms. The van der Waals surface area contributed by atoms with Crippen LogP contribution in [0.2, 0.25) is 0 Å². The van der Waals surface area contributed by atoms with Crippen molar-refractivity contribution in [3.63, 3.8) is 0 Å². The minimum Gasteiger partial charge on any atom is -0.348 e. The van der Waals surface area contributed by atoms with Gasteiger partial charge in [0.2, 0.25) is 0 Å². The van der Waals surface area contributed by atoms with E-state index in [0.29, 0.717) is 19.6 Å². The lowest BCUT2D eigenvalue weighted by Gasteiger charge is -2.22. The molecule has 2 amide bonds. The SMILES string of the molecule is CNC(C)CN1CCCNC(=O)C1=O. The third-order valence-corrected chi connectivity index (χ3v) is 2.36. The second-order valence-corrected chi connectivity index (χ2v) is 3.55. The predicted octanol–water partition coefficient (Wildman–Crippen LogP) is -1.06. The van der Waals surface area contributed by atoms with E-state index in [9.17, 15) is 9.59 Å². The molecule has 1 heterocycles. The van der Waals surface area contributed by atoms with Crippen LogP contribution in [-0.4, -0.2) is 49.4 Å². The fourth-order valence-corrected chi connectivity index (χ4v) is 1.39. The summed E-state index contributed by atoms with van der Waals surface area (Å²) in [5.41, 5.74) is 0. The van der Waals surface area contributed by atoms with Crippen molar-refractivity contribution >= 4 is 11.8 Å². The van der Waals surface area contributed by atoms with Crippen LogP contribution < -0.4 is 10.6 Å². The molecule has 5 nitrogen and oxygen atoms in total. The van der Waals surface area contributed by atoms with Crippen molar-refractivity contribution in [2.24, 2.45) is 0 Å². The molecule has 0 aromatic carbocycles. The first-order chi connectivity index (χ1) is 6.65. The highest BCUT2D eigenvalue weighted by Crippen LogP contribution is 1.99. The van der Waals surface area contributed by atoms with Crippen molar-refractivity contribution < 1.29 is 9.59 Å². The second kappa shape index (κ2) is 4.95. The van der Waals surface area contributed by atoms with Gasteiger partial charge in [0.25, 0.3) is 0 Å². The number of amides is 2. The maximum absolute atomic E-state index is 11.5. The molecular weight excluding hydrogens is 182 g/mol. The number of nitrogens with one attached hydrogen (secondary N) is 2. The van der Waals surface area contributed by atoms with E-state index in [-0.39, 0.29) is 6.04 Å². The predicted molar refractivity (Wildman–Crippen MR) is 52.7 cm³/mol. The number of likely N-dealkylation sites (N-methyl/N-ethyl adjacent to an activating group) is 1. The van der Waals surface area contributed by atoms with E-state index in [2.05, 4.69) is 10.6 Å². The van der Waals surface area contributed by atoms with Crippen molar-refractivity contribution in [3.05, 3.63) is 0 Å². The summed E-state index contributed by atoms with van der Waals surface area (Å²) in [5.74, 6) is -0.893. The largest absolute Gasteiger partial charge is 0.348 e. The van der Waals surface area contributed by atoms with Gasteiger partial charge in [-0.1, -0.05) is 0 Å². The molecule has 0 aliphatic carbocycles. The van der Waals surface area contributed by atoms with Gasteiger partial charge < -0.3 is 15.5 Å². The van der Waals surface area contributed by atoms with Gasteiger partial charge in [0.15, 0.2) is 0 Å². The Morgan fingerprint density at radius 1 is 1.57 bits per heavy atom. The maximum Gasteiger partial charge on any atom is 0.311 e. The standard InChI is InChI=1S/C9H17N3O2/c1-7(10-2)6-12-5-3-4-11-8(13)9(12)14/h7,10H,3-6H2,1-2H3,(H,11,13). The van der Waals surface area contributed by atoms with E-state index in [0.717, 1.165) is 6.42 Å². The molecule has 0 aromatic heterocycles. The average molecular weight is 199 g/mol. The van der Waals surface area contributed by atoms with Crippen LogP contribution in [0.15, 0.2) is 0 Å². The van der Waals surface area contributed by atoms with Crippen LogP contribution in [0.5, 0.6) is 0 Å². The average Bonchev–Trinajstić information content (AvgIpc) is 2.33. The lowest BCUT2D eigenvalue weighted by atomic mass is 10.3. The molecule has 1 aliphatic rings. The van der Waals surface area contributed by atoms with Crippen molar-refractivity contribution in [2.45, 2.75) is 19.4 Å². The molecule has 0 saturated carbocycles. The summed E-state index contributed by atoms with van der Waals surface area (Å²) in [7, 11) is 1.84. The van der Waals surface area contributed by atoms with Crippen molar-refractivity contribution in [2.75, 3.05) is 26.7 Å². The Bertz CT molecular complexity index is 230. The fourth-order valence-electron chi connectivity index (χ4n) is 1.39. The first-order valence-electron chi connectivity index (χ1n) is 4.89. The molecule has 0 bridgehead atoms. The molecule has 80 valence electrons. The summed E-state index contributed by atoms with van der Waals surface area (Å²) < 4.78 is 0. The molecular formula is C9H17N3O2. The maximum atomic E-state index is 11.5. The molecule has 1 rings (SSSR count). The third-order valence-electron chi connectivity index (χ3n) is 2.36. The number of carbonyl (C=O) groups is 2. The van der Waals surface area contributed by atoms with Gasteiger partial charge >= 0.3 is 11.8 Å². The zero-order valence-corrected chi connectivity index (χ0v) is 8.67. The molecule has 1 fully saturated rings. The first kappa shape index (κ1) is 11.0. The Labute approximate surface area is 83.8 Å². The van der Waals surface area contributed by atoms with Gasteiger partial charge in [-0.05, 0) is 20.4 Å². The van der Waals surface area contributed by atoms with Gasteiger partial charge in [0.1, 0.15) is 0 Å². The van der Waals surface area contributed by atoms with Gasteiger partial charge in [-0.3, -0.25) is 9.59 Å². The second-order valence-electron chi connectivity index (χ2n) is 3.55.